The lowest BCUT2D eigenvalue weighted by molar-refractivity contribution is -0.385. The maximum absolute atomic E-state index is 10.9. The van der Waals surface area contributed by atoms with Crippen molar-refractivity contribution in [2.75, 3.05) is 18.0 Å². The summed E-state index contributed by atoms with van der Waals surface area (Å²) in [6, 6.07) is 3.98. The van der Waals surface area contributed by atoms with Gasteiger partial charge < -0.3 is 15.1 Å². The fraction of sp³-hybridized carbons (Fsp3) is 0.364. The van der Waals surface area contributed by atoms with Crippen LogP contribution in [-0.4, -0.2) is 40.3 Å². The first kappa shape index (κ1) is 12.3. The number of β-amino-alcohol motifs (C(OH)–C–C–N with tert-alkyl or cyclic N) is 1. The van der Waals surface area contributed by atoms with E-state index >= 15 is 0 Å². The van der Waals surface area contributed by atoms with Gasteiger partial charge in [0.2, 0.25) is 0 Å². The molecular weight excluding hydrogens is 240 g/mol. The summed E-state index contributed by atoms with van der Waals surface area (Å²) in [5, 5.41) is 29.1. The second-order valence-corrected chi connectivity index (χ2v) is 4.15. The molecule has 1 aliphatic heterocycles. The molecule has 7 heteroatoms. The Morgan fingerprint density at radius 1 is 1.50 bits per heavy atom. The SMILES string of the molecule is O=C(O)c1ccc(N2CCC(O)C2)cc1[N+](=O)[O-]. The van der Waals surface area contributed by atoms with E-state index in [0.717, 1.165) is 0 Å². The molecule has 0 bridgehead atoms. The third-order valence-electron chi connectivity index (χ3n) is 2.94. The van der Waals surface area contributed by atoms with Gasteiger partial charge in [-0.2, -0.15) is 0 Å². The molecule has 1 aliphatic rings. The normalized spacial score (nSPS) is 18.9. The van der Waals surface area contributed by atoms with Crippen molar-refractivity contribution < 1.29 is 19.9 Å². The highest BCUT2D eigenvalue weighted by molar-refractivity contribution is 5.93. The number of rotatable bonds is 3. The van der Waals surface area contributed by atoms with Crippen molar-refractivity contribution in [3.8, 4) is 0 Å². The zero-order chi connectivity index (χ0) is 13.3. The average Bonchev–Trinajstić information content (AvgIpc) is 2.75. The van der Waals surface area contributed by atoms with Gasteiger partial charge >= 0.3 is 5.97 Å². The minimum absolute atomic E-state index is 0.330. The third-order valence-corrected chi connectivity index (χ3v) is 2.94. The van der Waals surface area contributed by atoms with Crippen LogP contribution in [-0.2, 0) is 0 Å². The molecule has 1 saturated heterocycles. The first-order valence-electron chi connectivity index (χ1n) is 5.44. The number of anilines is 1. The molecular formula is C11H12N2O5. The zero-order valence-electron chi connectivity index (χ0n) is 9.44. The first-order chi connectivity index (χ1) is 8.49. The van der Waals surface area contributed by atoms with Crippen molar-refractivity contribution in [2.45, 2.75) is 12.5 Å². The van der Waals surface area contributed by atoms with Crippen LogP contribution in [0.25, 0.3) is 0 Å². The smallest absolute Gasteiger partial charge is 0.342 e. The van der Waals surface area contributed by atoms with E-state index in [0.29, 0.717) is 25.2 Å². The van der Waals surface area contributed by atoms with E-state index in [1.165, 1.54) is 18.2 Å². The molecule has 18 heavy (non-hydrogen) atoms. The number of aliphatic hydroxyl groups is 1. The Morgan fingerprint density at radius 2 is 2.22 bits per heavy atom. The molecule has 7 nitrogen and oxygen atoms in total. The number of carboxylic acids is 1. The Hall–Kier alpha value is -2.15. The van der Waals surface area contributed by atoms with E-state index in [4.69, 9.17) is 5.11 Å². The fourth-order valence-corrected chi connectivity index (χ4v) is 2.02. The van der Waals surface area contributed by atoms with Crippen LogP contribution >= 0.6 is 0 Å². The van der Waals surface area contributed by atoms with Crippen LogP contribution in [0.1, 0.15) is 16.8 Å². The van der Waals surface area contributed by atoms with Gasteiger partial charge in [-0.3, -0.25) is 10.1 Å². The Balaban J connectivity index is 2.37. The monoisotopic (exact) mass is 252 g/mol. The maximum Gasteiger partial charge on any atom is 0.342 e. The number of benzene rings is 1. The van der Waals surface area contributed by atoms with Gasteiger partial charge in [0.15, 0.2) is 0 Å². The Labute approximate surface area is 102 Å². The van der Waals surface area contributed by atoms with Crippen molar-refractivity contribution in [1.82, 2.24) is 0 Å². The number of aromatic carboxylic acids is 1. The van der Waals surface area contributed by atoms with E-state index in [1.807, 2.05) is 0 Å². The van der Waals surface area contributed by atoms with Crippen molar-refractivity contribution in [3.63, 3.8) is 0 Å². The van der Waals surface area contributed by atoms with E-state index in [2.05, 4.69) is 0 Å². The molecule has 0 aromatic heterocycles. The van der Waals surface area contributed by atoms with Gasteiger partial charge in [-0.1, -0.05) is 0 Å². The lowest BCUT2D eigenvalue weighted by atomic mass is 10.1. The molecule has 1 aromatic carbocycles. The molecule has 2 N–H and O–H groups in total. The second kappa shape index (κ2) is 4.61. The first-order valence-corrected chi connectivity index (χ1v) is 5.44. The van der Waals surface area contributed by atoms with Crippen molar-refractivity contribution in [1.29, 1.82) is 0 Å². The zero-order valence-corrected chi connectivity index (χ0v) is 9.44. The minimum atomic E-state index is -1.32. The molecule has 2 rings (SSSR count). The molecule has 0 amide bonds. The van der Waals surface area contributed by atoms with E-state index in [9.17, 15) is 20.0 Å². The number of carboxylic acid groups (broad SMARTS) is 1. The number of nitrogens with zero attached hydrogens (tertiary/aromatic N) is 2. The molecule has 1 heterocycles. The topological polar surface area (TPSA) is 104 Å². The highest BCUT2D eigenvalue weighted by Crippen LogP contribution is 2.28. The molecule has 0 radical (unpaired) electrons. The van der Waals surface area contributed by atoms with Crippen LogP contribution in [0.4, 0.5) is 11.4 Å². The lowest BCUT2D eigenvalue weighted by Crippen LogP contribution is -2.21. The summed E-state index contributed by atoms with van der Waals surface area (Å²) in [6.07, 6.45) is 0.164. The highest BCUT2D eigenvalue weighted by Gasteiger charge is 2.25. The largest absolute Gasteiger partial charge is 0.477 e. The van der Waals surface area contributed by atoms with Crippen molar-refractivity contribution in [2.24, 2.45) is 0 Å². The van der Waals surface area contributed by atoms with Crippen molar-refractivity contribution >= 4 is 17.3 Å². The fourth-order valence-electron chi connectivity index (χ4n) is 2.02. The molecule has 0 saturated carbocycles. The quantitative estimate of drug-likeness (QED) is 0.610. The van der Waals surface area contributed by atoms with E-state index in [1.54, 1.807) is 4.90 Å². The lowest BCUT2D eigenvalue weighted by Gasteiger charge is -2.17. The highest BCUT2D eigenvalue weighted by atomic mass is 16.6. The Morgan fingerprint density at radius 3 is 2.72 bits per heavy atom. The van der Waals surface area contributed by atoms with E-state index in [-0.39, 0.29) is 5.56 Å². The van der Waals surface area contributed by atoms with Gasteiger partial charge in [-0.05, 0) is 18.6 Å². The number of nitro groups is 1. The van der Waals surface area contributed by atoms with Gasteiger partial charge in [0, 0.05) is 24.8 Å². The summed E-state index contributed by atoms with van der Waals surface area (Å²) in [7, 11) is 0. The predicted octanol–water partition coefficient (Wildman–Crippen LogP) is 0.864. The molecule has 1 unspecified atom stereocenters. The number of hydrogen-bond acceptors (Lipinski definition) is 5. The predicted molar refractivity (Wildman–Crippen MR) is 62.9 cm³/mol. The van der Waals surface area contributed by atoms with Gasteiger partial charge in [0.25, 0.3) is 5.69 Å². The Kier molecular flexibility index (Phi) is 3.15. The number of aliphatic hydroxyl groups excluding tert-OH is 1. The van der Waals surface area contributed by atoms with Crippen LogP contribution in [0, 0.1) is 10.1 Å². The molecule has 96 valence electrons. The molecule has 1 atom stereocenters. The van der Waals surface area contributed by atoms with Crippen LogP contribution in [0.2, 0.25) is 0 Å². The van der Waals surface area contributed by atoms with Gasteiger partial charge in [-0.15, -0.1) is 0 Å². The molecule has 1 fully saturated rings. The average molecular weight is 252 g/mol. The second-order valence-electron chi connectivity index (χ2n) is 4.15. The van der Waals surface area contributed by atoms with Crippen LogP contribution in [0.3, 0.4) is 0 Å². The van der Waals surface area contributed by atoms with Crippen LogP contribution in [0.15, 0.2) is 18.2 Å². The van der Waals surface area contributed by atoms with E-state index < -0.39 is 22.7 Å². The molecule has 1 aromatic rings. The Bertz CT molecular complexity index is 502. The number of nitro benzene ring substituents is 1. The maximum atomic E-state index is 10.9. The number of hydrogen-bond donors (Lipinski definition) is 2. The van der Waals surface area contributed by atoms with Gasteiger partial charge in [0.1, 0.15) is 5.56 Å². The third kappa shape index (κ3) is 2.25. The minimum Gasteiger partial charge on any atom is -0.477 e. The van der Waals surface area contributed by atoms with Gasteiger partial charge in [0.05, 0.1) is 11.0 Å². The summed E-state index contributed by atoms with van der Waals surface area (Å²) in [5.41, 5.74) is -0.201. The summed E-state index contributed by atoms with van der Waals surface area (Å²) in [5.74, 6) is -1.32. The standard InChI is InChI=1S/C11H12N2O5/c14-8-3-4-12(6-8)7-1-2-9(11(15)16)10(5-7)13(17)18/h1-2,5,8,14H,3-4,6H2,(H,15,16). The molecule has 0 aliphatic carbocycles. The molecule has 0 spiro atoms. The summed E-state index contributed by atoms with van der Waals surface area (Å²) < 4.78 is 0. The van der Waals surface area contributed by atoms with Crippen LogP contribution in [0.5, 0.6) is 0 Å². The summed E-state index contributed by atoms with van der Waals surface area (Å²) in [4.78, 5) is 22.8. The summed E-state index contributed by atoms with van der Waals surface area (Å²) in [6.45, 7) is 1.01. The van der Waals surface area contributed by atoms with Crippen molar-refractivity contribution in [3.05, 3.63) is 33.9 Å². The van der Waals surface area contributed by atoms with Gasteiger partial charge in [-0.25, -0.2) is 4.79 Å². The summed E-state index contributed by atoms with van der Waals surface area (Å²) >= 11 is 0. The number of carbonyl (C=O) groups is 1. The van der Waals surface area contributed by atoms with Crippen LogP contribution < -0.4 is 4.90 Å².